The third-order valence-corrected chi connectivity index (χ3v) is 25.3. The van der Waals surface area contributed by atoms with Crippen molar-refractivity contribution in [2.24, 2.45) is 0 Å². The van der Waals surface area contributed by atoms with Crippen molar-refractivity contribution in [2.45, 2.75) is 236 Å². The quantitative estimate of drug-likeness (QED) is 0.146. The fourth-order valence-electron chi connectivity index (χ4n) is 18.2. The molecule has 2 aliphatic rings. The van der Waals surface area contributed by atoms with E-state index in [-0.39, 0.29) is 60.3 Å². The molecule has 0 aliphatic carbocycles. The zero-order valence-corrected chi connectivity index (χ0v) is 74.3. The van der Waals surface area contributed by atoms with Gasteiger partial charge < -0.3 is 21.5 Å². The van der Waals surface area contributed by atoms with Gasteiger partial charge in [-0.05, 0) is 293 Å². The lowest BCUT2D eigenvalue weighted by Gasteiger charge is -2.39. The summed E-state index contributed by atoms with van der Waals surface area (Å²) in [5, 5.41) is 10.1. The molecule has 0 saturated heterocycles. The minimum absolute atomic E-state index is 0. The van der Waals surface area contributed by atoms with Gasteiger partial charge in [0.15, 0.2) is 0 Å². The van der Waals surface area contributed by atoms with Crippen molar-refractivity contribution in [1.29, 1.82) is 0 Å². The van der Waals surface area contributed by atoms with E-state index in [1.807, 2.05) is 0 Å². The second-order valence-corrected chi connectivity index (χ2v) is 42.5. The van der Waals surface area contributed by atoms with Crippen LogP contribution in [0.1, 0.15) is 233 Å². The molecular formula is C112H120BrN. The van der Waals surface area contributed by atoms with Gasteiger partial charge in [0, 0.05) is 22.3 Å². The summed E-state index contributed by atoms with van der Waals surface area (Å²) < 4.78 is 0.753. The Bertz CT molecular complexity index is 5490. The average molecular weight is 1560 g/mol. The summed E-state index contributed by atoms with van der Waals surface area (Å²) in [6.45, 7) is 60.3. The molecule has 14 aromatic carbocycles. The molecule has 2 aliphatic heterocycles. The lowest BCUT2D eigenvalue weighted by molar-refractivity contribution is -0.977. The van der Waals surface area contributed by atoms with Crippen molar-refractivity contribution < 1.29 is 21.5 Å². The Labute approximate surface area is 693 Å². The monoisotopic (exact) mass is 1560 g/mol. The largest absolute Gasteiger partial charge is 1.00 e. The Balaban J connectivity index is 0.0000102. The molecule has 580 valence electrons. The lowest BCUT2D eigenvalue weighted by atomic mass is 9.77. The van der Waals surface area contributed by atoms with Crippen molar-refractivity contribution >= 4 is 43.1 Å². The van der Waals surface area contributed by atoms with Crippen LogP contribution in [-0.4, -0.2) is 4.48 Å². The maximum atomic E-state index is 2.63. The van der Waals surface area contributed by atoms with E-state index in [4.69, 9.17) is 0 Å². The molecule has 14 aromatic rings. The van der Waals surface area contributed by atoms with E-state index in [1.54, 1.807) is 0 Å². The molecule has 0 bridgehead atoms. The third kappa shape index (κ3) is 15.3. The predicted molar refractivity (Wildman–Crippen MR) is 491 cm³/mol. The minimum atomic E-state index is -0.0909. The second-order valence-electron chi connectivity index (χ2n) is 42.5. The van der Waals surface area contributed by atoms with Gasteiger partial charge in [-0.2, -0.15) is 0 Å². The summed E-state index contributed by atoms with van der Waals surface area (Å²) in [5.41, 5.74) is 36.1. The third-order valence-electron chi connectivity index (χ3n) is 25.3. The van der Waals surface area contributed by atoms with Gasteiger partial charge in [0.05, 0.1) is 0 Å². The number of quaternary nitrogens is 1. The van der Waals surface area contributed by atoms with E-state index >= 15 is 0 Å². The Morgan fingerprint density at radius 1 is 0.193 bits per heavy atom. The number of nitrogens with zero attached hydrogens (tertiary/aromatic N) is 1. The summed E-state index contributed by atoms with van der Waals surface area (Å²) in [6, 6.07) is 98.2. The summed E-state index contributed by atoms with van der Waals surface area (Å²) in [4.78, 5) is 0. The van der Waals surface area contributed by atoms with Gasteiger partial charge in [0.1, 0.15) is 26.2 Å². The second kappa shape index (κ2) is 28.2. The summed E-state index contributed by atoms with van der Waals surface area (Å²) >= 11 is 0. The number of hydrogen-bond acceptors (Lipinski definition) is 0. The van der Waals surface area contributed by atoms with Crippen LogP contribution in [0.4, 0.5) is 0 Å². The fraction of sp³-hybridized carbons (Fsp3) is 0.321. The molecule has 0 aromatic heterocycles. The maximum absolute atomic E-state index is 2.63. The van der Waals surface area contributed by atoms with Crippen molar-refractivity contribution in [3.8, 4) is 89.0 Å². The zero-order chi connectivity index (χ0) is 80.4. The molecule has 2 heterocycles. The molecule has 0 radical (unpaired) electrons. The normalized spacial score (nSPS) is 14.2. The Morgan fingerprint density at radius 3 is 0.640 bits per heavy atom. The first-order chi connectivity index (χ1) is 52.9. The molecule has 2 heteroatoms. The molecule has 0 N–H and O–H groups in total. The number of benzene rings is 14. The van der Waals surface area contributed by atoms with Gasteiger partial charge in [-0.1, -0.05) is 336 Å². The molecular weight excluding hydrogens is 1440 g/mol. The van der Waals surface area contributed by atoms with E-state index < -0.39 is 0 Å². The topological polar surface area (TPSA) is 0 Å². The molecule has 0 unspecified atom stereocenters. The number of hydrogen-bond donors (Lipinski definition) is 0. The molecule has 114 heavy (non-hydrogen) atoms. The van der Waals surface area contributed by atoms with Crippen LogP contribution in [0.3, 0.4) is 0 Å². The molecule has 0 fully saturated rings. The summed E-state index contributed by atoms with van der Waals surface area (Å²) in [6.07, 6.45) is 0. The average Bonchev–Trinajstić information content (AvgIpc) is 1.53. The van der Waals surface area contributed by atoms with E-state index in [2.05, 4.69) is 409 Å². The number of halogens is 1. The van der Waals surface area contributed by atoms with Gasteiger partial charge in [0.2, 0.25) is 0 Å². The minimum Gasteiger partial charge on any atom is -1.00 e. The van der Waals surface area contributed by atoms with Gasteiger partial charge in [-0.25, -0.2) is 0 Å². The van der Waals surface area contributed by atoms with E-state index in [0.29, 0.717) is 0 Å². The zero-order valence-electron chi connectivity index (χ0n) is 72.7. The standard InChI is InChI=1S/C112H120N.BrH/c1-105(2,3)87-49-79(50-88(61-87)106(4,5)6)75-43-76(80-51-89(107(7,8)9)62-90(52-80)108(10,11)12)46-83(45-75)103-95-39-31-29-37-73(95)59-99-100-60-74-38-30-32-40-96(74)104(102(100)68-113(67-101(99)103)65-85-41-69-33-25-27-35-71(69)57-97(85)98-58-72-36-28-26-34-70(72)42-86(98)66-113)84-47-77(81-53-91(109(13,14)15)63-92(54-81)110(16,17)18)44-78(48-84)82-55-93(111(19,20)21)64-94(56-82)112(22,23)24;/h25-64H,65-68H2,1-24H3;1H/q+1;/p-1. The highest BCUT2D eigenvalue weighted by Crippen LogP contribution is 2.54. The maximum Gasteiger partial charge on any atom is 0.106 e. The number of rotatable bonds is 6. The Kier molecular flexibility index (Phi) is 19.7. The highest BCUT2D eigenvalue weighted by Gasteiger charge is 2.42. The molecule has 0 saturated carbocycles. The van der Waals surface area contributed by atoms with Crippen LogP contribution in [0.2, 0.25) is 0 Å². The van der Waals surface area contributed by atoms with E-state index in [9.17, 15) is 0 Å². The molecule has 1 nitrogen and oxygen atoms in total. The van der Waals surface area contributed by atoms with Crippen molar-refractivity contribution in [1.82, 2.24) is 0 Å². The van der Waals surface area contributed by atoms with E-state index in [1.165, 1.54) is 199 Å². The first-order valence-electron chi connectivity index (χ1n) is 41.8. The summed E-state index contributed by atoms with van der Waals surface area (Å²) in [5.74, 6) is 0. The van der Waals surface area contributed by atoms with E-state index in [0.717, 1.165) is 30.7 Å². The SMILES string of the molecule is CC(C)(C)c1cc(-c2cc(-c3cc(C(C)(C)C)cc(C(C)(C)C)c3)cc(-c3c4c(cc5ccccc35)-c3cc5ccccc5c(-c5cc(-c6cc(C(C)(C)C)cc(C(C)(C)C)c6)cc(-c6cc(C(C)(C)C)cc(C(C)(C)C)c6)c5)c3C[N+]3(Cc5cc6ccccc6cc5-c5cc6ccccc6cc5C3)C4)c2)cc(C(C)(C)C)c1.[Br-]. The Morgan fingerprint density at radius 2 is 0.395 bits per heavy atom. The van der Waals surface area contributed by atoms with Gasteiger partial charge >= 0.3 is 0 Å². The van der Waals surface area contributed by atoms with Crippen LogP contribution >= 0.6 is 0 Å². The Hall–Kier alpha value is -9.44. The van der Waals surface area contributed by atoms with Gasteiger partial charge in [-0.15, -0.1) is 0 Å². The fourth-order valence-corrected chi connectivity index (χ4v) is 18.2. The first-order valence-corrected chi connectivity index (χ1v) is 41.8. The molecule has 0 amide bonds. The molecule has 0 atom stereocenters. The van der Waals surface area contributed by atoms with Crippen LogP contribution in [0, 0.1) is 0 Å². The van der Waals surface area contributed by atoms with Crippen molar-refractivity contribution in [3.05, 3.63) is 309 Å². The van der Waals surface area contributed by atoms with Crippen LogP contribution in [0.25, 0.3) is 132 Å². The highest BCUT2D eigenvalue weighted by molar-refractivity contribution is 6.09. The smallest absolute Gasteiger partial charge is 0.106 e. The number of fused-ring (bicyclic) bond motifs is 10. The van der Waals surface area contributed by atoms with Crippen LogP contribution in [-0.2, 0) is 69.5 Å². The van der Waals surface area contributed by atoms with Crippen molar-refractivity contribution in [3.63, 3.8) is 0 Å². The van der Waals surface area contributed by atoms with Crippen LogP contribution < -0.4 is 17.0 Å². The van der Waals surface area contributed by atoms with Gasteiger partial charge in [-0.3, -0.25) is 0 Å². The molecule has 16 rings (SSSR count). The lowest BCUT2D eigenvalue weighted by Crippen LogP contribution is -3.00. The van der Waals surface area contributed by atoms with Crippen LogP contribution in [0.5, 0.6) is 0 Å². The molecule has 1 spiro atoms. The van der Waals surface area contributed by atoms with Gasteiger partial charge in [0.25, 0.3) is 0 Å². The highest BCUT2D eigenvalue weighted by atomic mass is 79.9. The summed E-state index contributed by atoms with van der Waals surface area (Å²) in [7, 11) is 0. The predicted octanol–water partition coefficient (Wildman–Crippen LogP) is 28.6. The first kappa shape index (κ1) is 79.8. The van der Waals surface area contributed by atoms with Crippen molar-refractivity contribution in [2.75, 3.05) is 0 Å². The van der Waals surface area contributed by atoms with Crippen LogP contribution in [0.15, 0.2) is 243 Å².